The topological polar surface area (TPSA) is 55.8 Å². The van der Waals surface area contributed by atoms with Crippen molar-refractivity contribution >= 4 is 29.3 Å². The van der Waals surface area contributed by atoms with Gasteiger partial charge in [0.2, 0.25) is 5.91 Å². The molecule has 1 saturated heterocycles. The molecule has 158 valence electrons. The molecule has 2 heterocycles. The van der Waals surface area contributed by atoms with E-state index in [9.17, 15) is 9.59 Å². The Morgan fingerprint density at radius 1 is 1.20 bits per heavy atom. The minimum absolute atomic E-state index is 0.0368. The number of fused-ring (bicyclic) bond motifs is 1. The number of amides is 1. The first-order valence-corrected chi connectivity index (χ1v) is 11.2. The van der Waals surface area contributed by atoms with Gasteiger partial charge in [0.25, 0.3) is 0 Å². The maximum absolute atomic E-state index is 11.9. The first-order chi connectivity index (χ1) is 14.4. The highest BCUT2D eigenvalue weighted by Crippen LogP contribution is 2.41. The lowest BCUT2D eigenvalue weighted by molar-refractivity contribution is -0.174. The molecular weight excluding hydrogens is 398 g/mol. The third kappa shape index (κ3) is 4.25. The smallest absolute Gasteiger partial charge is 0.303 e. The van der Waals surface area contributed by atoms with Crippen LogP contribution in [-0.2, 0) is 31.1 Å². The minimum Gasteiger partial charge on any atom is -0.454 e. The van der Waals surface area contributed by atoms with E-state index >= 15 is 0 Å². The van der Waals surface area contributed by atoms with E-state index in [0.29, 0.717) is 25.9 Å². The van der Waals surface area contributed by atoms with Crippen molar-refractivity contribution in [3.63, 3.8) is 0 Å². The van der Waals surface area contributed by atoms with Crippen molar-refractivity contribution in [2.45, 2.75) is 61.0 Å². The number of rotatable bonds is 4. The number of ether oxygens (including phenoxy) is 2. The van der Waals surface area contributed by atoms with Crippen LogP contribution in [0, 0.1) is 0 Å². The van der Waals surface area contributed by atoms with Crippen LogP contribution in [-0.4, -0.2) is 31.6 Å². The Bertz CT molecular complexity index is 975. The van der Waals surface area contributed by atoms with Crippen molar-refractivity contribution in [1.29, 1.82) is 0 Å². The standard InChI is InChI=1S/C24H27NO4S/c1-16-15-24(11-12-28-16,29-17(2)26)19-5-4-6-20(14-19)30-21-8-9-22-18(13-21)7-10-23(27)25(22)3/h4-6,8-9,13-14,16H,7,10-12,15H2,1-3H3. The lowest BCUT2D eigenvalue weighted by Gasteiger charge is -2.39. The summed E-state index contributed by atoms with van der Waals surface area (Å²) in [6.45, 7) is 4.06. The molecule has 1 fully saturated rings. The second-order valence-electron chi connectivity index (χ2n) is 8.10. The first kappa shape index (κ1) is 20.9. The Labute approximate surface area is 181 Å². The van der Waals surface area contributed by atoms with Gasteiger partial charge in [0.1, 0.15) is 5.60 Å². The van der Waals surface area contributed by atoms with Gasteiger partial charge in [-0.1, -0.05) is 23.9 Å². The van der Waals surface area contributed by atoms with Crippen LogP contribution < -0.4 is 4.90 Å². The molecule has 0 spiro atoms. The van der Waals surface area contributed by atoms with Crippen molar-refractivity contribution < 1.29 is 19.1 Å². The third-order valence-electron chi connectivity index (χ3n) is 5.86. The summed E-state index contributed by atoms with van der Waals surface area (Å²) >= 11 is 1.68. The predicted molar refractivity (Wildman–Crippen MR) is 117 cm³/mol. The molecule has 2 aliphatic rings. The summed E-state index contributed by atoms with van der Waals surface area (Å²) in [5, 5.41) is 0. The van der Waals surface area contributed by atoms with Gasteiger partial charge in [-0.05, 0) is 54.8 Å². The molecule has 2 aliphatic heterocycles. The third-order valence-corrected chi connectivity index (χ3v) is 6.83. The lowest BCUT2D eigenvalue weighted by atomic mass is 9.83. The number of benzene rings is 2. The van der Waals surface area contributed by atoms with Crippen LogP contribution in [0.5, 0.6) is 0 Å². The Hall–Kier alpha value is -2.31. The molecule has 0 aromatic heterocycles. The molecule has 1 amide bonds. The molecule has 0 bridgehead atoms. The van der Waals surface area contributed by atoms with Crippen LogP contribution in [0.4, 0.5) is 5.69 Å². The highest BCUT2D eigenvalue weighted by Gasteiger charge is 2.40. The fourth-order valence-electron chi connectivity index (χ4n) is 4.41. The zero-order chi connectivity index (χ0) is 21.3. The maximum atomic E-state index is 11.9. The normalized spacial score (nSPS) is 23.8. The highest BCUT2D eigenvalue weighted by atomic mass is 32.2. The van der Waals surface area contributed by atoms with Crippen LogP contribution in [0.3, 0.4) is 0 Å². The Morgan fingerprint density at radius 3 is 2.77 bits per heavy atom. The van der Waals surface area contributed by atoms with E-state index in [1.807, 2.05) is 32.2 Å². The van der Waals surface area contributed by atoms with Gasteiger partial charge in [0, 0.05) is 48.7 Å². The average molecular weight is 426 g/mol. The number of hydrogen-bond acceptors (Lipinski definition) is 5. The lowest BCUT2D eigenvalue weighted by Crippen LogP contribution is -2.41. The van der Waals surface area contributed by atoms with Crippen molar-refractivity contribution in [2.24, 2.45) is 0 Å². The quantitative estimate of drug-likeness (QED) is 0.665. The van der Waals surface area contributed by atoms with E-state index in [1.165, 1.54) is 12.5 Å². The molecule has 2 aromatic rings. The molecular formula is C24H27NO4S. The van der Waals surface area contributed by atoms with E-state index in [4.69, 9.17) is 9.47 Å². The van der Waals surface area contributed by atoms with Gasteiger partial charge in [-0.3, -0.25) is 9.59 Å². The molecule has 6 heteroatoms. The van der Waals surface area contributed by atoms with Gasteiger partial charge in [0.15, 0.2) is 0 Å². The number of nitrogens with zero attached hydrogens (tertiary/aromatic N) is 1. The summed E-state index contributed by atoms with van der Waals surface area (Å²) in [5.74, 6) is -0.104. The number of hydrogen-bond donors (Lipinski definition) is 0. The molecule has 0 N–H and O–H groups in total. The number of carbonyl (C=O) groups excluding carboxylic acids is 2. The monoisotopic (exact) mass is 425 g/mol. The largest absolute Gasteiger partial charge is 0.454 e. The van der Waals surface area contributed by atoms with E-state index in [2.05, 4.69) is 24.3 Å². The SMILES string of the molecule is CC(=O)OC1(c2cccc(Sc3ccc4c(c3)CCC(=O)N4C)c2)CCOC(C)C1. The molecule has 2 unspecified atom stereocenters. The van der Waals surface area contributed by atoms with Crippen molar-refractivity contribution in [3.05, 3.63) is 53.6 Å². The fraction of sp³-hybridized carbons (Fsp3) is 0.417. The average Bonchev–Trinajstić information content (AvgIpc) is 2.70. The molecule has 0 saturated carbocycles. The van der Waals surface area contributed by atoms with Crippen molar-refractivity contribution in [1.82, 2.24) is 0 Å². The molecule has 2 atom stereocenters. The van der Waals surface area contributed by atoms with E-state index in [0.717, 1.165) is 27.5 Å². The van der Waals surface area contributed by atoms with Crippen LogP contribution >= 0.6 is 11.8 Å². The van der Waals surface area contributed by atoms with Crippen molar-refractivity contribution in [2.75, 3.05) is 18.6 Å². The molecule has 4 rings (SSSR count). The molecule has 0 aliphatic carbocycles. The fourth-order valence-corrected chi connectivity index (χ4v) is 5.36. The predicted octanol–water partition coefficient (Wildman–Crippen LogP) is 4.70. The van der Waals surface area contributed by atoms with E-state index in [-0.39, 0.29) is 18.0 Å². The number of anilines is 1. The molecule has 30 heavy (non-hydrogen) atoms. The van der Waals surface area contributed by atoms with Gasteiger partial charge in [0.05, 0.1) is 12.7 Å². The summed E-state index contributed by atoms with van der Waals surface area (Å²) in [7, 11) is 1.83. The second-order valence-corrected chi connectivity index (χ2v) is 9.24. The van der Waals surface area contributed by atoms with Gasteiger partial charge >= 0.3 is 5.97 Å². The molecule has 0 radical (unpaired) electrons. The summed E-state index contributed by atoms with van der Waals surface area (Å²) in [4.78, 5) is 27.8. The Balaban J connectivity index is 1.60. The van der Waals surface area contributed by atoms with Gasteiger partial charge in [-0.2, -0.15) is 0 Å². The van der Waals surface area contributed by atoms with Crippen LogP contribution in [0.2, 0.25) is 0 Å². The number of esters is 1. The van der Waals surface area contributed by atoms with Crippen molar-refractivity contribution in [3.8, 4) is 0 Å². The van der Waals surface area contributed by atoms with Gasteiger partial charge in [-0.25, -0.2) is 0 Å². The second kappa shape index (κ2) is 8.44. The first-order valence-electron chi connectivity index (χ1n) is 10.4. The maximum Gasteiger partial charge on any atom is 0.303 e. The summed E-state index contributed by atoms with van der Waals surface area (Å²) in [6, 6.07) is 14.5. The zero-order valence-corrected chi connectivity index (χ0v) is 18.5. The summed E-state index contributed by atoms with van der Waals surface area (Å²) in [6.07, 6.45) is 2.68. The number of carbonyl (C=O) groups is 2. The van der Waals surface area contributed by atoms with E-state index in [1.54, 1.807) is 16.7 Å². The Morgan fingerprint density at radius 2 is 2.00 bits per heavy atom. The van der Waals surface area contributed by atoms with Crippen LogP contribution in [0.25, 0.3) is 0 Å². The van der Waals surface area contributed by atoms with Gasteiger partial charge < -0.3 is 14.4 Å². The van der Waals surface area contributed by atoms with Crippen LogP contribution in [0.15, 0.2) is 52.3 Å². The van der Waals surface area contributed by atoms with Crippen LogP contribution in [0.1, 0.15) is 44.2 Å². The minimum atomic E-state index is -0.640. The summed E-state index contributed by atoms with van der Waals surface area (Å²) in [5.41, 5.74) is 2.57. The molecule has 5 nitrogen and oxygen atoms in total. The number of aryl methyl sites for hydroxylation is 1. The van der Waals surface area contributed by atoms with Gasteiger partial charge in [-0.15, -0.1) is 0 Å². The Kier molecular flexibility index (Phi) is 5.89. The summed E-state index contributed by atoms with van der Waals surface area (Å²) < 4.78 is 11.6. The zero-order valence-electron chi connectivity index (χ0n) is 17.6. The molecule has 2 aromatic carbocycles. The highest BCUT2D eigenvalue weighted by molar-refractivity contribution is 7.99. The van der Waals surface area contributed by atoms with E-state index < -0.39 is 5.60 Å².